The number of halogens is 3. The molecule has 0 saturated heterocycles. The lowest BCUT2D eigenvalue weighted by Crippen LogP contribution is -2.25. The summed E-state index contributed by atoms with van der Waals surface area (Å²) in [6, 6.07) is 2.32. The summed E-state index contributed by atoms with van der Waals surface area (Å²) in [6.07, 6.45) is -3.16. The molecule has 0 bridgehead atoms. The maximum atomic E-state index is 12.6. The lowest BCUT2D eigenvalue weighted by Gasteiger charge is -2.13. The highest BCUT2D eigenvalue weighted by Crippen LogP contribution is 2.30. The van der Waals surface area contributed by atoms with Gasteiger partial charge in [0.1, 0.15) is 11.5 Å². The lowest BCUT2D eigenvalue weighted by atomic mass is 10.3. The maximum absolute atomic E-state index is 12.6. The van der Waals surface area contributed by atoms with Crippen LogP contribution in [0.3, 0.4) is 0 Å². The number of anilines is 1. The van der Waals surface area contributed by atoms with Gasteiger partial charge in [-0.1, -0.05) is 23.8 Å². The molecule has 0 aliphatic rings. The van der Waals surface area contributed by atoms with Gasteiger partial charge in [0.15, 0.2) is 11.0 Å². The predicted octanol–water partition coefficient (Wildman–Crippen LogP) is 3.30. The van der Waals surface area contributed by atoms with E-state index in [0.29, 0.717) is 12.2 Å². The molecular formula is C13H13F3N4O2S. The van der Waals surface area contributed by atoms with Gasteiger partial charge in [-0.2, -0.15) is 13.2 Å². The van der Waals surface area contributed by atoms with E-state index in [9.17, 15) is 18.0 Å². The molecule has 2 rings (SSSR count). The Morgan fingerprint density at radius 2 is 2.22 bits per heavy atom. The molecule has 1 unspecified atom stereocenters. The molecule has 0 aliphatic heterocycles. The van der Waals surface area contributed by atoms with Gasteiger partial charge in [-0.05, 0) is 19.4 Å². The van der Waals surface area contributed by atoms with Crippen LogP contribution in [0.2, 0.25) is 0 Å². The maximum Gasteiger partial charge on any atom is 0.433 e. The molecule has 1 amide bonds. The van der Waals surface area contributed by atoms with Crippen molar-refractivity contribution in [3.63, 3.8) is 0 Å². The van der Waals surface area contributed by atoms with Gasteiger partial charge in [0.05, 0.1) is 5.25 Å². The summed E-state index contributed by atoms with van der Waals surface area (Å²) in [4.78, 5) is 19.4. The molecule has 0 spiro atoms. The van der Waals surface area contributed by atoms with E-state index < -0.39 is 23.0 Å². The van der Waals surface area contributed by atoms with Crippen molar-refractivity contribution in [2.75, 3.05) is 5.32 Å². The minimum absolute atomic E-state index is 0.113. The van der Waals surface area contributed by atoms with E-state index in [1.807, 2.05) is 0 Å². The zero-order valence-corrected chi connectivity index (χ0v) is 13.0. The van der Waals surface area contributed by atoms with Gasteiger partial charge in [-0.25, -0.2) is 9.97 Å². The van der Waals surface area contributed by atoms with Crippen LogP contribution in [-0.4, -0.2) is 26.3 Å². The minimum Gasteiger partial charge on any atom is -0.360 e. The third kappa shape index (κ3) is 4.68. The Morgan fingerprint density at radius 1 is 1.48 bits per heavy atom. The highest BCUT2D eigenvalue weighted by Gasteiger charge is 2.33. The van der Waals surface area contributed by atoms with E-state index in [0.717, 1.165) is 24.0 Å². The first-order valence-corrected chi connectivity index (χ1v) is 7.48. The summed E-state index contributed by atoms with van der Waals surface area (Å²) in [7, 11) is 0. The topological polar surface area (TPSA) is 80.9 Å². The number of alkyl halides is 3. The molecule has 1 atom stereocenters. The van der Waals surface area contributed by atoms with Crippen molar-refractivity contribution in [3.8, 4) is 0 Å². The van der Waals surface area contributed by atoms with E-state index in [-0.39, 0.29) is 11.0 Å². The Hall–Kier alpha value is -2.10. The molecule has 1 N–H and O–H groups in total. The molecule has 0 radical (unpaired) electrons. The third-order valence-corrected chi connectivity index (χ3v) is 3.95. The van der Waals surface area contributed by atoms with Crippen molar-refractivity contribution in [1.82, 2.24) is 15.1 Å². The first-order valence-electron chi connectivity index (χ1n) is 6.60. The van der Waals surface area contributed by atoms with E-state index in [1.165, 1.54) is 6.07 Å². The molecule has 0 aromatic carbocycles. The summed E-state index contributed by atoms with van der Waals surface area (Å²) in [6.45, 7) is 3.41. The van der Waals surface area contributed by atoms with Crippen LogP contribution < -0.4 is 5.32 Å². The van der Waals surface area contributed by atoms with Crippen molar-refractivity contribution in [3.05, 3.63) is 29.8 Å². The number of nitrogens with one attached hydrogen (secondary N) is 1. The highest BCUT2D eigenvalue weighted by atomic mass is 32.2. The van der Waals surface area contributed by atoms with Crippen LogP contribution in [0.1, 0.15) is 24.8 Å². The molecule has 10 heteroatoms. The number of aryl methyl sites for hydroxylation is 1. The van der Waals surface area contributed by atoms with E-state index in [2.05, 4.69) is 20.4 Å². The minimum atomic E-state index is -4.56. The van der Waals surface area contributed by atoms with Crippen LogP contribution in [0.25, 0.3) is 0 Å². The number of hydrogen-bond donors (Lipinski definition) is 1. The van der Waals surface area contributed by atoms with E-state index in [1.54, 1.807) is 13.8 Å². The van der Waals surface area contributed by atoms with Crippen LogP contribution in [0.4, 0.5) is 19.0 Å². The SMILES string of the molecule is CCC(Sc1nccc(C(F)(F)F)n1)C(=O)Nc1cc(C)on1. The van der Waals surface area contributed by atoms with Gasteiger partial charge in [-0.15, -0.1) is 0 Å². The van der Waals surface area contributed by atoms with Crippen molar-refractivity contribution in [2.24, 2.45) is 0 Å². The number of nitrogens with zero attached hydrogens (tertiary/aromatic N) is 3. The number of rotatable bonds is 5. The van der Waals surface area contributed by atoms with Gasteiger partial charge in [-0.3, -0.25) is 4.79 Å². The fourth-order valence-corrected chi connectivity index (χ4v) is 2.50. The Bertz CT molecular complexity index is 690. The Kier molecular flexibility index (Phi) is 5.24. The van der Waals surface area contributed by atoms with E-state index in [4.69, 9.17) is 4.52 Å². The number of hydrogen-bond acceptors (Lipinski definition) is 6. The second-order valence-electron chi connectivity index (χ2n) is 4.55. The zero-order chi connectivity index (χ0) is 17.0. The fraction of sp³-hybridized carbons (Fsp3) is 0.385. The molecular weight excluding hydrogens is 333 g/mol. The van der Waals surface area contributed by atoms with Gasteiger partial charge in [0.2, 0.25) is 5.91 Å². The normalized spacial score (nSPS) is 12.9. The van der Waals surface area contributed by atoms with Crippen LogP contribution in [0.15, 0.2) is 28.0 Å². The van der Waals surface area contributed by atoms with Crippen LogP contribution in [0.5, 0.6) is 0 Å². The molecule has 124 valence electrons. The van der Waals surface area contributed by atoms with Crippen molar-refractivity contribution in [1.29, 1.82) is 0 Å². The second kappa shape index (κ2) is 6.99. The summed E-state index contributed by atoms with van der Waals surface area (Å²) in [5.74, 6) is 0.366. The van der Waals surface area contributed by atoms with Gasteiger partial charge >= 0.3 is 6.18 Å². The van der Waals surface area contributed by atoms with Crippen molar-refractivity contribution >= 4 is 23.5 Å². The largest absolute Gasteiger partial charge is 0.433 e. The first kappa shape index (κ1) is 17.3. The van der Waals surface area contributed by atoms with Gasteiger partial charge in [0.25, 0.3) is 0 Å². The summed E-state index contributed by atoms with van der Waals surface area (Å²) in [5, 5.41) is 5.40. The Morgan fingerprint density at radius 3 is 2.78 bits per heavy atom. The quantitative estimate of drug-likeness (QED) is 0.661. The zero-order valence-electron chi connectivity index (χ0n) is 12.2. The molecule has 2 heterocycles. The Labute approximate surface area is 133 Å². The smallest absolute Gasteiger partial charge is 0.360 e. The fourth-order valence-electron chi connectivity index (χ4n) is 1.64. The summed E-state index contributed by atoms with van der Waals surface area (Å²) < 4.78 is 42.7. The average Bonchev–Trinajstić information content (AvgIpc) is 2.89. The standard InChI is InChI=1S/C13H13F3N4O2S/c1-3-8(11(21)19-10-6-7(2)22-20-10)23-12-17-5-4-9(18-12)13(14,15)16/h4-6,8H,3H2,1-2H3,(H,19,20,21). The number of aromatic nitrogens is 3. The molecule has 0 aliphatic carbocycles. The predicted molar refractivity (Wildman–Crippen MR) is 76.8 cm³/mol. The van der Waals surface area contributed by atoms with Crippen LogP contribution in [0, 0.1) is 6.92 Å². The Balaban J connectivity index is 2.08. The molecule has 2 aromatic heterocycles. The molecule has 6 nitrogen and oxygen atoms in total. The summed E-state index contributed by atoms with van der Waals surface area (Å²) >= 11 is 0.860. The first-order chi connectivity index (χ1) is 10.8. The number of thioether (sulfide) groups is 1. The monoisotopic (exact) mass is 346 g/mol. The van der Waals surface area contributed by atoms with E-state index >= 15 is 0 Å². The third-order valence-electron chi connectivity index (χ3n) is 2.71. The van der Waals surface area contributed by atoms with Gasteiger partial charge < -0.3 is 9.84 Å². The second-order valence-corrected chi connectivity index (χ2v) is 5.72. The van der Waals surface area contributed by atoms with Crippen LogP contribution >= 0.6 is 11.8 Å². The molecule has 0 fully saturated rings. The average molecular weight is 346 g/mol. The lowest BCUT2D eigenvalue weighted by molar-refractivity contribution is -0.141. The van der Waals surface area contributed by atoms with Crippen molar-refractivity contribution in [2.45, 2.75) is 36.9 Å². The number of amides is 1. The van der Waals surface area contributed by atoms with Gasteiger partial charge in [0, 0.05) is 12.3 Å². The number of carbonyl (C=O) groups is 1. The molecule has 0 saturated carbocycles. The summed E-state index contributed by atoms with van der Waals surface area (Å²) in [5.41, 5.74) is -1.04. The molecule has 23 heavy (non-hydrogen) atoms. The highest BCUT2D eigenvalue weighted by molar-refractivity contribution is 8.00. The molecule has 2 aromatic rings. The van der Waals surface area contributed by atoms with Crippen LogP contribution in [-0.2, 0) is 11.0 Å². The van der Waals surface area contributed by atoms with Crippen molar-refractivity contribution < 1.29 is 22.5 Å². The number of carbonyl (C=O) groups excluding carboxylic acids is 1.